The highest BCUT2D eigenvalue weighted by atomic mass is 32.2. The molecule has 0 amide bonds. The fourth-order valence-electron chi connectivity index (χ4n) is 2.21. The standard InChI is InChI=1S/C16H20N2O3S/c1-5-21-14-10-15(12(3)9-11(14)2)22(19,20)18-16-8-6-7-13(4)17-16/h6-10H,5H2,1-4H3,(H,17,18). The SMILES string of the molecule is CCOc1cc(S(=O)(=O)Nc2cccc(C)n2)c(C)cc1C. The fourth-order valence-corrected chi connectivity index (χ4v) is 3.45. The molecular formula is C16H20N2O3S. The van der Waals surface area contributed by atoms with E-state index in [0.717, 1.165) is 11.3 Å². The second-order valence-corrected chi connectivity index (χ2v) is 6.74. The Bertz CT molecular complexity index is 786. The molecule has 2 aromatic rings. The van der Waals surface area contributed by atoms with E-state index in [9.17, 15) is 8.42 Å². The van der Waals surface area contributed by atoms with E-state index in [1.54, 1.807) is 25.1 Å². The molecule has 0 saturated heterocycles. The van der Waals surface area contributed by atoms with Gasteiger partial charge in [0, 0.05) is 11.8 Å². The quantitative estimate of drug-likeness (QED) is 0.918. The summed E-state index contributed by atoms with van der Waals surface area (Å²) in [5.74, 6) is 0.878. The molecule has 118 valence electrons. The lowest BCUT2D eigenvalue weighted by Crippen LogP contribution is -2.16. The number of aryl methyl sites for hydroxylation is 3. The van der Waals surface area contributed by atoms with Gasteiger partial charge in [-0.05, 0) is 51.0 Å². The van der Waals surface area contributed by atoms with Crippen molar-refractivity contribution in [2.75, 3.05) is 11.3 Å². The van der Waals surface area contributed by atoms with Crippen LogP contribution in [-0.4, -0.2) is 20.0 Å². The molecule has 5 nitrogen and oxygen atoms in total. The summed E-state index contributed by atoms with van der Waals surface area (Å²) in [5, 5.41) is 0. The molecule has 0 unspecified atom stereocenters. The lowest BCUT2D eigenvalue weighted by molar-refractivity contribution is 0.337. The molecule has 0 atom stereocenters. The van der Waals surface area contributed by atoms with Crippen LogP contribution >= 0.6 is 0 Å². The first kappa shape index (κ1) is 16.3. The Balaban J connectivity index is 2.42. The number of hydrogen-bond donors (Lipinski definition) is 1. The monoisotopic (exact) mass is 320 g/mol. The zero-order valence-corrected chi connectivity index (χ0v) is 14.0. The molecule has 1 aromatic heterocycles. The summed E-state index contributed by atoms with van der Waals surface area (Å²) in [4.78, 5) is 4.37. The van der Waals surface area contributed by atoms with Gasteiger partial charge in [-0.3, -0.25) is 4.72 Å². The Labute approximate surface area is 131 Å². The Morgan fingerprint density at radius 2 is 1.86 bits per heavy atom. The molecule has 6 heteroatoms. The first-order chi connectivity index (χ1) is 10.3. The molecule has 0 aliphatic carbocycles. The molecular weight excluding hydrogens is 300 g/mol. The average Bonchev–Trinajstić information content (AvgIpc) is 2.41. The molecule has 0 aliphatic heterocycles. The Morgan fingerprint density at radius 3 is 2.50 bits per heavy atom. The van der Waals surface area contributed by atoms with Crippen molar-refractivity contribution in [3.63, 3.8) is 0 Å². The number of pyridine rings is 1. The molecule has 0 aliphatic rings. The van der Waals surface area contributed by atoms with E-state index < -0.39 is 10.0 Å². The largest absolute Gasteiger partial charge is 0.494 e. The normalized spacial score (nSPS) is 11.3. The van der Waals surface area contributed by atoms with Gasteiger partial charge in [0.2, 0.25) is 0 Å². The fraction of sp³-hybridized carbons (Fsp3) is 0.312. The molecule has 0 spiro atoms. The summed E-state index contributed by atoms with van der Waals surface area (Å²) >= 11 is 0. The van der Waals surface area contributed by atoms with E-state index in [-0.39, 0.29) is 4.90 Å². The van der Waals surface area contributed by atoms with Crippen LogP contribution in [0.5, 0.6) is 5.75 Å². The van der Waals surface area contributed by atoms with Crippen molar-refractivity contribution in [2.45, 2.75) is 32.6 Å². The van der Waals surface area contributed by atoms with Gasteiger partial charge in [0.15, 0.2) is 0 Å². The van der Waals surface area contributed by atoms with Crippen LogP contribution < -0.4 is 9.46 Å². The summed E-state index contributed by atoms with van der Waals surface area (Å²) < 4.78 is 33.2. The van der Waals surface area contributed by atoms with Crippen molar-refractivity contribution in [3.05, 3.63) is 47.2 Å². The van der Waals surface area contributed by atoms with Gasteiger partial charge in [0.25, 0.3) is 10.0 Å². The number of rotatable bonds is 5. The summed E-state index contributed by atoms with van der Waals surface area (Å²) in [6.45, 7) is 7.81. The van der Waals surface area contributed by atoms with Crippen LogP contribution in [-0.2, 0) is 10.0 Å². The molecule has 0 bridgehead atoms. The van der Waals surface area contributed by atoms with E-state index in [4.69, 9.17) is 4.74 Å². The number of nitrogens with one attached hydrogen (secondary N) is 1. The van der Waals surface area contributed by atoms with E-state index >= 15 is 0 Å². The van der Waals surface area contributed by atoms with Crippen molar-refractivity contribution in [1.29, 1.82) is 0 Å². The maximum absolute atomic E-state index is 12.6. The topological polar surface area (TPSA) is 68.3 Å². The van der Waals surface area contributed by atoms with Gasteiger partial charge >= 0.3 is 0 Å². The van der Waals surface area contributed by atoms with Crippen LogP contribution in [0.2, 0.25) is 0 Å². The molecule has 22 heavy (non-hydrogen) atoms. The molecule has 1 N–H and O–H groups in total. The average molecular weight is 320 g/mol. The minimum absolute atomic E-state index is 0.199. The zero-order chi connectivity index (χ0) is 16.3. The minimum atomic E-state index is -3.71. The van der Waals surface area contributed by atoms with Crippen LogP contribution in [0.4, 0.5) is 5.82 Å². The Morgan fingerprint density at radius 1 is 1.14 bits per heavy atom. The lowest BCUT2D eigenvalue weighted by Gasteiger charge is -2.14. The lowest BCUT2D eigenvalue weighted by atomic mass is 10.1. The highest BCUT2D eigenvalue weighted by Crippen LogP contribution is 2.27. The summed E-state index contributed by atoms with van der Waals surface area (Å²) in [7, 11) is -3.71. The van der Waals surface area contributed by atoms with E-state index in [1.165, 1.54) is 0 Å². The number of benzene rings is 1. The van der Waals surface area contributed by atoms with Crippen molar-refractivity contribution < 1.29 is 13.2 Å². The number of hydrogen-bond acceptors (Lipinski definition) is 4. The van der Waals surface area contributed by atoms with Crippen LogP contribution in [0, 0.1) is 20.8 Å². The van der Waals surface area contributed by atoms with Gasteiger partial charge in [-0.2, -0.15) is 0 Å². The van der Waals surface area contributed by atoms with Gasteiger partial charge in [-0.15, -0.1) is 0 Å². The smallest absolute Gasteiger partial charge is 0.263 e. The highest BCUT2D eigenvalue weighted by molar-refractivity contribution is 7.92. The summed E-state index contributed by atoms with van der Waals surface area (Å²) in [5.41, 5.74) is 2.32. The number of nitrogens with zero attached hydrogens (tertiary/aromatic N) is 1. The second kappa shape index (κ2) is 6.36. The second-order valence-electron chi connectivity index (χ2n) is 5.09. The molecule has 0 fully saturated rings. The number of ether oxygens (including phenoxy) is 1. The maximum Gasteiger partial charge on any atom is 0.263 e. The summed E-state index contributed by atoms with van der Waals surface area (Å²) in [6, 6.07) is 8.56. The van der Waals surface area contributed by atoms with Crippen LogP contribution in [0.25, 0.3) is 0 Å². The van der Waals surface area contributed by atoms with Crippen LogP contribution in [0.1, 0.15) is 23.7 Å². The van der Waals surface area contributed by atoms with E-state index in [1.807, 2.05) is 32.9 Å². The first-order valence-electron chi connectivity index (χ1n) is 7.04. The van der Waals surface area contributed by atoms with Gasteiger partial charge in [-0.25, -0.2) is 13.4 Å². The van der Waals surface area contributed by atoms with Crippen LogP contribution in [0.15, 0.2) is 35.2 Å². The molecule has 1 aromatic carbocycles. The van der Waals surface area contributed by atoms with E-state index in [0.29, 0.717) is 23.7 Å². The Kier molecular flexibility index (Phi) is 4.71. The van der Waals surface area contributed by atoms with Crippen molar-refractivity contribution in [1.82, 2.24) is 4.98 Å². The predicted octanol–water partition coefficient (Wildman–Crippen LogP) is 3.21. The molecule has 0 radical (unpaired) electrons. The van der Waals surface area contributed by atoms with Gasteiger partial charge in [0.1, 0.15) is 11.6 Å². The molecule has 0 saturated carbocycles. The number of aromatic nitrogens is 1. The van der Waals surface area contributed by atoms with Gasteiger partial charge < -0.3 is 4.74 Å². The van der Waals surface area contributed by atoms with Crippen molar-refractivity contribution in [3.8, 4) is 5.75 Å². The van der Waals surface area contributed by atoms with Crippen LogP contribution in [0.3, 0.4) is 0 Å². The third kappa shape index (κ3) is 3.57. The third-order valence-corrected chi connectivity index (χ3v) is 4.69. The zero-order valence-electron chi connectivity index (χ0n) is 13.2. The minimum Gasteiger partial charge on any atom is -0.494 e. The number of sulfonamides is 1. The number of anilines is 1. The maximum atomic E-state index is 12.6. The summed E-state index contributed by atoms with van der Waals surface area (Å²) in [6.07, 6.45) is 0. The molecule has 1 heterocycles. The Hall–Kier alpha value is -2.08. The van der Waals surface area contributed by atoms with Gasteiger partial charge in [0.05, 0.1) is 11.5 Å². The third-order valence-electron chi connectivity index (χ3n) is 3.19. The molecule has 2 rings (SSSR count). The van der Waals surface area contributed by atoms with E-state index in [2.05, 4.69) is 9.71 Å². The van der Waals surface area contributed by atoms with Gasteiger partial charge in [-0.1, -0.05) is 12.1 Å². The van der Waals surface area contributed by atoms with Crippen molar-refractivity contribution in [2.24, 2.45) is 0 Å². The predicted molar refractivity (Wildman–Crippen MR) is 86.9 cm³/mol. The van der Waals surface area contributed by atoms with Crippen molar-refractivity contribution >= 4 is 15.8 Å². The first-order valence-corrected chi connectivity index (χ1v) is 8.52. The highest BCUT2D eigenvalue weighted by Gasteiger charge is 2.19.